The maximum atomic E-state index is 8.29. The van der Waals surface area contributed by atoms with E-state index in [2.05, 4.69) is 50.9 Å². The number of ether oxygens (including phenoxy) is 1. The van der Waals surface area contributed by atoms with Crippen molar-refractivity contribution in [3.63, 3.8) is 0 Å². The Morgan fingerprint density at radius 1 is 1.11 bits per heavy atom. The number of likely N-dealkylation sites (tertiary alicyclic amines) is 1. The molecule has 0 saturated carbocycles. The Morgan fingerprint density at radius 2 is 1.86 bits per heavy atom. The Morgan fingerprint density at radius 3 is 2.50 bits per heavy atom. The molecule has 3 aromatic heterocycles. The number of nitrogens with zero attached hydrogens (tertiary/aromatic N) is 7. The summed E-state index contributed by atoms with van der Waals surface area (Å²) < 4.78 is 7.30. The van der Waals surface area contributed by atoms with Gasteiger partial charge >= 0.3 is 0 Å². The average Bonchev–Trinajstić information content (AvgIpc) is 3.27. The molecule has 5 N–H and O–H groups in total. The van der Waals surface area contributed by atoms with Gasteiger partial charge in [-0.3, -0.25) is 4.68 Å². The molecule has 3 aromatic rings. The third-order valence-corrected chi connectivity index (χ3v) is 6.59. The second-order valence-corrected chi connectivity index (χ2v) is 9.48. The van der Waals surface area contributed by atoms with Gasteiger partial charge in [0, 0.05) is 24.6 Å². The minimum atomic E-state index is 0.125. The fourth-order valence-corrected chi connectivity index (χ4v) is 4.46. The highest BCUT2D eigenvalue weighted by Crippen LogP contribution is 2.30. The summed E-state index contributed by atoms with van der Waals surface area (Å²) in [5, 5.41) is 21.6. The molecule has 0 amide bonds. The highest BCUT2D eigenvalue weighted by atomic mass is 16.5. The molecule has 198 valence electrons. The van der Waals surface area contributed by atoms with Gasteiger partial charge in [0.15, 0.2) is 5.82 Å². The molecular formula is C25H41N9O2. The number of nitrogen functional groups attached to an aromatic ring is 2. The quantitative estimate of drug-likeness (QED) is 0.374. The third-order valence-electron chi connectivity index (χ3n) is 6.59. The number of aliphatic hydroxyl groups excluding tert-OH is 1. The number of fused-ring (bicyclic) bond motifs is 1. The predicted octanol–water partition coefficient (Wildman–Crippen LogP) is 2.98. The molecule has 4 rings (SSSR count). The molecule has 0 aliphatic carbocycles. The Bertz CT molecular complexity index is 1090. The van der Waals surface area contributed by atoms with Crippen LogP contribution in [-0.2, 0) is 6.54 Å². The first-order valence-electron chi connectivity index (χ1n) is 12.9. The maximum absolute atomic E-state index is 8.29. The fourth-order valence-electron chi connectivity index (χ4n) is 4.46. The van der Waals surface area contributed by atoms with Crippen LogP contribution in [0.1, 0.15) is 76.6 Å². The molecule has 1 aliphatic rings. The normalized spacial score (nSPS) is 14.7. The lowest BCUT2D eigenvalue weighted by molar-refractivity contribution is 0.170. The van der Waals surface area contributed by atoms with Crippen molar-refractivity contribution in [2.24, 2.45) is 0 Å². The molecule has 4 heterocycles. The number of aliphatic hydroxyl groups is 1. The summed E-state index contributed by atoms with van der Waals surface area (Å²) in [6.07, 6.45) is 8.45. The number of rotatable bonds is 9. The molecule has 0 spiro atoms. The van der Waals surface area contributed by atoms with Crippen LogP contribution in [0.3, 0.4) is 0 Å². The van der Waals surface area contributed by atoms with Crippen LogP contribution in [0.4, 0.5) is 11.8 Å². The number of anilines is 2. The lowest BCUT2D eigenvalue weighted by Gasteiger charge is -2.34. The van der Waals surface area contributed by atoms with E-state index in [9.17, 15) is 0 Å². The zero-order valence-corrected chi connectivity index (χ0v) is 22.0. The Kier molecular flexibility index (Phi) is 10.2. The van der Waals surface area contributed by atoms with Crippen molar-refractivity contribution in [2.75, 3.05) is 38.3 Å². The highest BCUT2D eigenvalue weighted by molar-refractivity contribution is 5.85. The first-order valence-corrected chi connectivity index (χ1v) is 12.9. The highest BCUT2D eigenvalue weighted by Gasteiger charge is 2.24. The van der Waals surface area contributed by atoms with Gasteiger partial charge in [0.25, 0.3) is 0 Å². The molecule has 0 aromatic carbocycles. The van der Waals surface area contributed by atoms with Crippen LogP contribution in [0.15, 0.2) is 12.3 Å². The summed E-state index contributed by atoms with van der Waals surface area (Å²) in [5.74, 6) is 1.50. The van der Waals surface area contributed by atoms with Crippen molar-refractivity contribution in [1.82, 2.24) is 34.8 Å². The lowest BCUT2D eigenvalue weighted by Crippen LogP contribution is -2.38. The zero-order valence-electron chi connectivity index (χ0n) is 22.0. The maximum Gasteiger partial charge on any atom is 0.222 e. The number of hydrogen-bond acceptors (Lipinski definition) is 10. The minimum Gasteiger partial charge on any atom is -0.495 e. The largest absolute Gasteiger partial charge is 0.495 e. The van der Waals surface area contributed by atoms with Crippen molar-refractivity contribution in [1.29, 1.82) is 0 Å². The van der Waals surface area contributed by atoms with E-state index in [0.29, 0.717) is 47.6 Å². The number of unbranched alkanes of at least 4 members (excludes halogenated alkanes) is 3. The number of hydrogen-bond donors (Lipinski definition) is 3. The molecule has 0 atom stereocenters. The molecule has 0 unspecified atom stereocenters. The minimum absolute atomic E-state index is 0.125. The summed E-state index contributed by atoms with van der Waals surface area (Å²) in [6, 6.07) is 2.58. The standard InChI is InChI=1S/C19H27N9O.C6H14O/c1-11(2)27-6-4-12(5-7-27)13-8-16(29-3)15(26-25-13)10-28-17-14(9-22-28)23-19(21)24-18(17)20;1-2-3-4-5-6-7/h8-9,11-12H,4-7,10H2,1-3H3,(H4,20,21,23,24);7H,2-6H2,1H3. The smallest absolute Gasteiger partial charge is 0.222 e. The molecule has 11 nitrogen and oxygen atoms in total. The number of methoxy groups -OCH3 is 1. The van der Waals surface area contributed by atoms with Gasteiger partial charge in [-0.1, -0.05) is 26.2 Å². The van der Waals surface area contributed by atoms with Gasteiger partial charge in [-0.2, -0.15) is 15.2 Å². The molecule has 1 saturated heterocycles. The van der Waals surface area contributed by atoms with E-state index in [1.165, 1.54) is 19.3 Å². The topological polar surface area (TPSA) is 154 Å². The van der Waals surface area contributed by atoms with E-state index in [4.69, 9.17) is 21.3 Å². The van der Waals surface area contributed by atoms with E-state index in [0.717, 1.165) is 38.0 Å². The average molecular weight is 500 g/mol. The Hall–Kier alpha value is -3.05. The summed E-state index contributed by atoms with van der Waals surface area (Å²) >= 11 is 0. The third kappa shape index (κ3) is 7.01. The van der Waals surface area contributed by atoms with Crippen LogP contribution in [-0.4, -0.2) is 72.8 Å². The van der Waals surface area contributed by atoms with Gasteiger partial charge in [0.2, 0.25) is 5.95 Å². The number of aromatic nitrogens is 6. The summed E-state index contributed by atoms with van der Waals surface area (Å²) in [4.78, 5) is 10.7. The molecule has 11 heteroatoms. The van der Waals surface area contributed by atoms with Gasteiger partial charge < -0.3 is 26.2 Å². The van der Waals surface area contributed by atoms with Crippen molar-refractivity contribution in [3.8, 4) is 5.75 Å². The van der Waals surface area contributed by atoms with Gasteiger partial charge in [0.1, 0.15) is 22.5 Å². The van der Waals surface area contributed by atoms with Gasteiger partial charge in [-0.05, 0) is 46.2 Å². The van der Waals surface area contributed by atoms with Crippen LogP contribution in [0.2, 0.25) is 0 Å². The van der Waals surface area contributed by atoms with Crippen LogP contribution in [0.25, 0.3) is 11.0 Å². The van der Waals surface area contributed by atoms with Crippen LogP contribution in [0.5, 0.6) is 5.75 Å². The van der Waals surface area contributed by atoms with Gasteiger partial charge in [0.05, 0.1) is 25.5 Å². The second kappa shape index (κ2) is 13.3. The van der Waals surface area contributed by atoms with Crippen molar-refractivity contribution >= 4 is 22.8 Å². The second-order valence-electron chi connectivity index (χ2n) is 9.48. The van der Waals surface area contributed by atoms with Gasteiger partial charge in [-0.25, -0.2) is 4.98 Å². The zero-order chi connectivity index (χ0) is 26.1. The van der Waals surface area contributed by atoms with E-state index >= 15 is 0 Å². The van der Waals surface area contributed by atoms with E-state index in [1.54, 1.807) is 18.0 Å². The molecule has 1 aliphatic heterocycles. The van der Waals surface area contributed by atoms with Crippen molar-refractivity contribution in [3.05, 3.63) is 23.7 Å². The number of nitrogens with two attached hydrogens (primary N) is 2. The van der Waals surface area contributed by atoms with Crippen LogP contribution < -0.4 is 16.2 Å². The summed E-state index contributed by atoms with van der Waals surface area (Å²) in [6.45, 7) is 9.51. The molecule has 0 radical (unpaired) electrons. The molecule has 0 bridgehead atoms. The molecule has 1 fully saturated rings. The SMILES string of the molecule is CCCCCCO.COc1cc(C2CCN(C(C)C)CC2)nnc1Cn1ncc2nc(N)nc(N)c21. The van der Waals surface area contributed by atoms with Crippen LogP contribution >= 0.6 is 0 Å². The fraction of sp³-hybridized carbons (Fsp3) is 0.640. The number of piperidine rings is 1. The Balaban J connectivity index is 0.000000454. The van der Waals surface area contributed by atoms with E-state index in [1.807, 2.05) is 6.07 Å². The first-order chi connectivity index (χ1) is 17.4. The summed E-state index contributed by atoms with van der Waals surface area (Å²) in [7, 11) is 1.64. The first kappa shape index (κ1) is 27.5. The predicted molar refractivity (Wildman–Crippen MR) is 142 cm³/mol. The Labute approximate surface area is 213 Å². The van der Waals surface area contributed by atoms with E-state index in [-0.39, 0.29) is 11.8 Å². The molecule has 36 heavy (non-hydrogen) atoms. The monoisotopic (exact) mass is 499 g/mol. The summed E-state index contributed by atoms with van der Waals surface area (Å²) in [5.41, 5.74) is 14.5. The van der Waals surface area contributed by atoms with Crippen LogP contribution in [0, 0.1) is 0 Å². The van der Waals surface area contributed by atoms with E-state index < -0.39 is 0 Å². The van der Waals surface area contributed by atoms with Crippen molar-refractivity contribution < 1.29 is 9.84 Å². The van der Waals surface area contributed by atoms with Crippen molar-refractivity contribution in [2.45, 2.75) is 77.8 Å². The molecular weight excluding hydrogens is 458 g/mol. The lowest BCUT2D eigenvalue weighted by atomic mass is 9.92. The van der Waals surface area contributed by atoms with Gasteiger partial charge in [-0.15, -0.1) is 5.10 Å².